The van der Waals surface area contributed by atoms with Crippen molar-refractivity contribution in [3.8, 4) is 0 Å². The highest BCUT2D eigenvalue weighted by Crippen LogP contribution is 2.21. The van der Waals surface area contributed by atoms with E-state index in [0.717, 1.165) is 17.9 Å². The highest BCUT2D eigenvalue weighted by Gasteiger charge is 2.15. The van der Waals surface area contributed by atoms with Gasteiger partial charge in [0.05, 0.1) is 5.56 Å². The monoisotopic (exact) mass is 412 g/mol. The number of hydrogen-bond acceptors (Lipinski definition) is 4. The van der Waals surface area contributed by atoms with Gasteiger partial charge < -0.3 is 15.5 Å². The third-order valence-electron chi connectivity index (χ3n) is 4.48. The lowest BCUT2D eigenvalue weighted by Gasteiger charge is -2.22. The zero-order valence-electron chi connectivity index (χ0n) is 16.3. The van der Waals surface area contributed by atoms with Gasteiger partial charge in [-0.2, -0.15) is 0 Å². The number of halogens is 2. The van der Waals surface area contributed by atoms with Crippen LogP contribution in [0.1, 0.15) is 30.6 Å². The third-order valence-corrected chi connectivity index (χ3v) is 4.48. The molecule has 7 heteroatoms. The Balaban J connectivity index is 0.00000338. The largest absolute Gasteiger partial charge is 0.342 e. The molecule has 2 N–H and O–H groups in total. The van der Waals surface area contributed by atoms with Crippen LogP contribution in [0.15, 0.2) is 48.7 Å². The van der Waals surface area contributed by atoms with E-state index in [2.05, 4.69) is 18.8 Å². The van der Waals surface area contributed by atoms with Crippen LogP contribution in [-0.4, -0.2) is 42.5 Å². The Labute approximate surface area is 174 Å². The van der Waals surface area contributed by atoms with Crippen LogP contribution in [0, 0.1) is 5.92 Å². The fourth-order valence-electron chi connectivity index (χ4n) is 2.49. The van der Waals surface area contributed by atoms with Crippen LogP contribution < -0.4 is 10.6 Å². The van der Waals surface area contributed by atoms with Crippen LogP contribution in [0.5, 0.6) is 0 Å². The topological polar surface area (TPSA) is 62.5 Å². The van der Waals surface area contributed by atoms with Gasteiger partial charge in [-0.15, -0.1) is 24.8 Å². The van der Waals surface area contributed by atoms with Crippen LogP contribution in [-0.2, 0) is 0 Å². The molecular weight excluding hydrogens is 383 g/mol. The second-order valence-electron chi connectivity index (χ2n) is 6.72. The lowest BCUT2D eigenvalue weighted by molar-refractivity contribution is 0.0789. The molecular formula is C20H30Cl2N4O. The number of nitrogens with zero attached hydrogens (tertiary/aromatic N) is 3. The molecule has 5 nitrogen and oxygen atoms in total. The molecule has 2 aromatic rings. The molecule has 1 heterocycles. The van der Waals surface area contributed by atoms with Crippen LogP contribution in [0.3, 0.4) is 0 Å². The van der Waals surface area contributed by atoms with E-state index < -0.39 is 0 Å². The molecule has 1 amide bonds. The molecule has 1 aromatic heterocycles. The number of aromatic nitrogens is 1. The molecule has 0 saturated heterocycles. The van der Waals surface area contributed by atoms with E-state index in [4.69, 9.17) is 5.73 Å². The Morgan fingerprint density at radius 2 is 1.70 bits per heavy atom. The zero-order chi connectivity index (χ0) is 18.4. The van der Waals surface area contributed by atoms with Crippen LogP contribution >= 0.6 is 24.8 Å². The summed E-state index contributed by atoms with van der Waals surface area (Å²) in [4.78, 5) is 20.6. The Bertz CT molecular complexity index is 680. The van der Waals surface area contributed by atoms with Crippen molar-refractivity contribution in [3.63, 3.8) is 0 Å². The number of rotatable bonds is 7. The van der Waals surface area contributed by atoms with Gasteiger partial charge in [0, 0.05) is 38.6 Å². The summed E-state index contributed by atoms with van der Waals surface area (Å²) in [6, 6.07) is 13.8. The lowest BCUT2D eigenvalue weighted by atomic mass is 10.0. The van der Waals surface area contributed by atoms with Gasteiger partial charge in [0.25, 0.3) is 5.91 Å². The highest BCUT2D eigenvalue weighted by atomic mass is 35.5. The third kappa shape index (κ3) is 7.01. The summed E-state index contributed by atoms with van der Waals surface area (Å²) in [7, 11) is 3.76. The number of anilines is 2. The molecule has 0 aliphatic carbocycles. The van der Waals surface area contributed by atoms with Crippen molar-refractivity contribution in [3.05, 3.63) is 54.2 Å². The molecule has 1 unspecified atom stereocenters. The van der Waals surface area contributed by atoms with Gasteiger partial charge in [0.1, 0.15) is 5.82 Å². The molecule has 0 spiro atoms. The quantitative estimate of drug-likeness (QED) is 0.741. The summed E-state index contributed by atoms with van der Waals surface area (Å²) in [6.07, 6.45) is 2.43. The van der Waals surface area contributed by atoms with Gasteiger partial charge in [-0.3, -0.25) is 4.79 Å². The first kappa shape index (κ1) is 25.2. The predicted molar refractivity (Wildman–Crippen MR) is 118 cm³/mol. The second-order valence-corrected chi connectivity index (χ2v) is 6.72. The molecule has 150 valence electrons. The van der Waals surface area contributed by atoms with Crippen LogP contribution in [0.2, 0.25) is 0 Å². The van der Waals surface area contributed by atoms with Crippen molar-refractivity contribution in [2.24, 2.45) is 11.7 Å². The fraction of sp³-hybridized carbons (Fsp3) is 0.400. The van der Waals surface area contributed by atoms with E-state index in [9.17, 15) is 4.79 Å². The Kier molecular flexibility index (Phi) is 11.0. The minimum absolute atomic E-state index is 0. The summed E-state index contributed by atoms with van der Waals surface area (Å²) in [6.45, 7) is 4.83. The maximum absolute atomic E-state index is 12.5. The van der Waals surface area contributed by atoms with Gasteiger partial charge >= 0.3 is 0 Å². The molecule has 0 saturated carbocycles. The number of carbonyl (C=O) groups excluding carboxylic acids is 1. The van der Waals surface area contributed by atoms with Crippen molar-refractivity contribution >= 4 is 42.2 Å². The van der Waals surface area contributed by atoms with Crippen molar-refractivity contribution in [2.45, 2.75) is 26.3 Å². The lowest BCUT2D eigenvalue weighted by Crippen LogP contribution is -2.34. The van der Waals surface area contributed by atoms with Gasteiger partial charge in [0.2, 0.25) is 0 Å². The number of para-hydroxylation sites is 1. The number of amides is 1. The summed E-state index contributed by atoms with van der Waals surface area (Å²) in [5, 5.41) is 0. The zero-order valence-corrected chi connectivity index (χ0v) is 18.0. The number of nitrogens with two attached hydrogens (primary N) is 1. The summed E-state index contributed by atoms with van der Waals surface area (Å²) < 4.78 is 0. The molecule has 0 aliphatic rings. The van der Waals surface area contributed by atoms with Crippen LogP contribution in [0.25, 0.3) is 0 Å². The molecule has 0 aliphatic heterocycles. The summed E-state index contributed by atoms with van der Waals surface area (Å²) in [5.74, 6) is 1.18. The van der Waals surface area contributed by atoms with E-state index in [-0.39, 0.29) is 36.8 Å². The maximum atomic E-state index is 12.5. The Hall–Kier alpha value is -1.82. The normalized spacial score (nSPS) is 11.2. The van der Waals surface area contributed by atoms with E-state index in [1.807, 2.05) is 54.4 Å². The predicted octanol–water partition coefficient (Wildman–Crippen LogP) is 4.14. The van der Waals surface area contributed by atoms with Crippen molar-refractivity contribution < 1.29 is 4.79 Å². The van der Waals surface area contributed by atoms with Gasteiger partial charge in [-0.25, -0.2) is 4.98 Å². The second kappa shape index (κ2) is 11.8. The minimum Gasteiger partial charge on any atom is -0.342 e. The molecule has 1 atom stereocenters. The summed E-state index contributed by atoms with van der Waals surface area (Å²) >= 11 is 0. The smallest absolute Gasteiger partial charge is 0.255 e. The van der Waals surface area contributed by atoms with E-state index >= 15 is 0 Å². The standard InChI is InChI=1S/C20H28N4O.2ClH/c1-15(2)18(21)12-13-23(3)20(25)16-10-11-19(22-14-16)24(4)17-8-6-5-7-9-17;;/h5-11,14-15,18H,12-13,21H2,1-4H3;2*1H. The Morgan fingerprint density at radius 3 is 2.22 bits per heavy atom. The first-order chi connectivity index (χ1) is 11.9. The first-order valence-corrected chi connectivity index (χ1v) is 8.66. The van der Waals surface area contributed by atoms with Crippen molar-refractivity contribution in [1.82, 2.24) is 9.88 Å². The SMILES string of the molecule is CC(C)C(N)CCN(C)C(=O)c1ccc(N(C)c2ccccc2)nc1.Cl.Cl. The molecule has 2 rings (SSSR count). The number of benzene rings is 1. The van der Waals surface area contributed by atoms with Crippen molar-refractivity contribution in [1.29, 1.82) is 0 Å². The molecule has 0 radical (unpaired) electrons. The van der Waals surface area contributed by atoms with E-state index in [0.29, 0.717) is 18.0 Å². The summed E-state index contributed by atoms with van der Waals surface area (Å²) in [5.41, 5.74) is 7.69. The molecule has 1 aromatic carbocycles. The molecule has 0 fully saturated rings. The van der Waals surface area contributed by atoms with Crippen LogP contribution in [0.4, 0.5) is 11.5 Å². The Morgan fingerprint density at radius 1 is 1.07 bits per heavy atom. The number of hydrogen-bond donors (Lipinski definition) is 1. The maximum Gasteiger partial charge on any atom is 0.255 e. The van der Waals surface area contributed by atoms with Gasteiger partial charge in [0.15, 0.2) is 0 Å². The average Bonchev–Trinajstić information content (AvgIpc) is 2.65. The van der Waals surface area contributed by atoms with Gasteiger partial charge in [-0.05, 0) is 36.6 Å². The molecule has 27 heavy (non-hydrogen) atoms. The van der Waals surface area contributed by atoms with Crippen molar-refractivity contribution in [2.75, 3.05) is 25.5 Å². The first-order valence-electron chi connectivity index (χ1n) is 8.66. The number of pyridine rings is 1. The van der Waals surface area contributed by atoms with E-state index in [1.165, 1.54) is 0 Å². The van der Waals surface area contributed by atoms with E-state index in [1.54, 1.807) is 18.1 Å². The molecule has 0 bridgehead atoms. The highest BCUT2D eigenvalue weighted by molar-refractivity contribution is 5.94. The average molecular weight is 413 g/mol. The van der Waals surface area contributed by atoms with Gasteiger partial charge in [-0.1, -0.05) is 32.0 Å². The number of carbonyl (C=O) groups is 1. The minimum atomic E-state index is -0.0302. The fourth-order valence-corrected chi connectivity index (χ4v) is 2.49.